The van der Waals surface area contributed by atoms with Crippen LogP contribution in [0.1, 0.15) is 32.1 Å². The van der Waals surface area contributed by atoms with Crippen molar-refractivity contribution in [1.82, 2.24) is 0 Å². The molecule has 0 aromatic rings. The Hall–Kier alpha value is 0.250. The lowest BCUT2D eigenvalue weighted by molar-refractivity contribution is -0.137. The Morgan fingerprint density at radius 3 is 1.77 bits per heavy atom. The average Bonchev–Trinajstić information content (AvgIpc) is 1.94. The van der Waals surface area contributed by atoms with Crippen LogP contribution in [0.3, 0.4) is 0 Å². The molecule has 13 heavy (non-hydrogen) atoms. The van der Waals surface area contributed by atoms with E-state index >= 15 is 0 Å². The van der Waals surface area contributed by atoms with E-state index in [9.17, 15) is 4.79 Å². The van der Waals surface area contributed by atoms with Crippen LogP contribution in [0, 0.1) is 11.8 Å². The summed E-state index contributed by atoms with van der Waals surface area (Å²) in [4.78, 5) is 11.5. The van der Waals surface area contributed by atoms with E-state index in [0.29, 0.717) is 5.78 Å². The summed E-state index contributed by atoms with van der Waals surface area (Å²) >= 11 is 12.9. The first-order chi connectivity index (χ1) is 6.00. The van der Waals surface area contributed by atoms with Crippen LogP contribution < -0.4 is 0 Å². The first-order valence-corrected chi connectivity index (χ1v) is 5.67. The van der Waals surface area contributed by atoms with Gasteiger partial charge in [0.25, 0.3) is 0 Å². The minimum atomic E-state index is -0.137. The fourth-order valence-corrected chi connectivity index (χ4v) is 4.99. The Kier molecular flexibility index (Phi) is 1.48. The smallest absolute Gasteiger partial charge is 0.139 e. The first kappa shape index (κ1) is 8.55. The van der Waals surface area contributed by atoms with Gasteiger partial charge in [0.2, 0.25) is 0 Å². The van der Waals surface area contributed by atoms with Gasteiger partial charge in [0.05, 0.1) is 0 Å². The summed E-state index contributed by atoms with van der Waals surface area (Å²) in [5.41, 5.74) is 0. The van der Waals surface area contributed by atoms with Gasteiger partial charge in [-0.2, -0.15) is 0 Å². The summed E-state index contributed by atoms with van der Waals surface area (Å²) in [5.74, 6) is 0.791. The third kappa shape index (κ3) is 1.10. The van der Waals surface area contributed by atoms with Crippen molar-refractivity contribution in [1.29, 1.82) is 0 Å². The number of hydrogen-bond donors (Lipinski definition) is 0. The molecular formula is C10H12Cl2O. The zero-order chi connectivity index (χ0) is 9.27. The molecule has 0 spiro atoms. The van der Waals surface area contributed by atoms with E-state index in [4.69, 9.17) is 23.2 Å². The Morgan fingerprint density at radius 2 is 1.38 bits per heavy atom. The van der Waals surface area contributed by atoms with Crippen molar-refractivity contribution in [2.75, 3.05) is 0 Å². The Bertz CT molecular complexity index is 249. The molecule has 4 saturated carbocycles. The molecule has 0 aromatic carbocycles. The van der Waals surface area contributed by atoms with E-state index in [2.05, 4.69) is 0 Å². The van der Waals surface area contributed by atoms with Crippen molar-refractivity contribution >= 4 is 29.0 Å². The van der Waals surface area contributed by atoms with Crippen LogP contribution in [0.5, 0.6) is 0 Å². The molecule has 0 heterocycles. The van der Waals surface area contributed by atoms with Crippen LogP contribution in [-0.4, -0.2) is 15.5 Å². The molecule has 0 atom stereocenters. The number of ketones is 1. The van der Waals surface area contributed by atoms with Crippen molar-refractivity contribution < 1.29 is 4.79 Å². The largest absolute Gasteiger partial charge is 0.299 e. The Labute approximate surface area is 87.8 Å². The SMILES string of the molecule is O=C1C2CC3(Cl)CC1CC(Cl)(C2)C3. The standard InChI is InChI=1S/C10H12Cl2O/c11-9-1-6-2-10(12,5-9)4-7(3-9)8(6)13/h6-7H,1-5H2. The molecule has 3 heteroatoms. The molecule has 0 radical (unpaired) electrons. The van der Waals surface area contributed by atoms with Gasteiger partial charge in [0.15, 0.2) is 0 Å². The van der Waals surface area contributed by atoms with Crippen molar-refractivity contribution in [2.24, 2.45) is 11.8 Å². The quantitative estimate of drug-likeness (QED) is 0.572. The monoisotopic (exact) mass is 218 g/mol. The van der Waals surface area contributed by atoms with E-state index in [1.54, 1.807) is 0 Å². The molecule has 72 valence electrons. The van der Waals surface area contributed by atoms with Gasteiger partial charge < -0.3 is 0 Å². The number of alkyl halides is 2. The van der Waals surface area contributed by atoms with E-state index in [0.717, 1.165) is 32.1 Å². The highest BCUT2D eigenvalue weighted by molar-refractivity contribution is 6.29. The molecule has 4 rings (SSSR count). The highest BCUT2D eigenvalue weighted by Crippen LogP contribution is 2.60. The maximum Gasteiger partial charge on any atom is 0.139 e. The maximum absolute atomic E-state index is 11.7. The molecule has 0 aliphatic heterocycles. The summed E-state index contributed by atoms with van der Waals surface area (Å²) in [7, 11) is 0. The van der Waals surface area contributed by atoms with E-state index in [1.165, 1.54) is 0 Å². The van der Waals surface area contributed by atoms with Crippen LogP contribution in [-0.2, 0) is 4.79 Å². The van der Waals surface area contributed by atoms with Gasteiger partial charge in [-0.15, -0.1) is 23.2 Å². The third-order valence-electron chi connectivity index (χ3n) is 3.89. The zero-order valence-corrected chi connectivity index (χ0v) is 8.87. The van der Waals surface area contributed by atoms with Crippen LogP contribution in [0.4, 0.5) is 0 Å². The molecule has 0 amide bonds. The second-order valence-electron chi connectivity index (χ2n) is 5.09. The number of Topliss-reactive ketones (excluding diaryl/α,β-unsaturated/α-hetero) is 1. The second kappa shape index (κ2) is 2.25. The van der Waals surface area contributed by atoms with Crippen molar-refractivity contribution in [3.05, 3.63) is 0 Å². The molecule has 0 saturated heterocycles. The van der Waals surface area contributed by atoms with Crippen LogP contribution in [0.15, 0.2) is 0 Å². The van der Waals surface area contributed by atoms with Crippen molar-refractivity contribution in [3.63, 3.8) is 0 Å². The number of rotatable bonds is 0. The predicted molar refractivity (Wildman–Crippen MR) is 52.2 cm³/mol. The van der Waals surface area contributed by atoms with Gasteiger partial charge in [0, 0.05) is 21.6 Å². The topological polar surface area (TPSA) is 17.1 Å². The molecule has 4 bridgehead atoms. The van der Waals surface area contributed by atoms with E-state index < -0.39 is 0 Å². The summed E-state index contributed by atoms with van der Waals surface area (Å²) in [6.45, 7) is 0. The molecular weight excluding hydrogens is 207 g/mol. The zero-order valence-electron chi connectivity index (χ0n) is 7.35. The predicted octanol–water partition coefficient (Wildman–Crippen LogP) is 2.73. The minimum Gasteiger partial charge on any atom is -0.299 e. The normalized spacial score (nSPS) is 58.8. The highest BCUT2D eigenvalue weighted by atomic mass is 35.5. The van der Waals surface area contributed by atoms with Crippen molar-refractivity contribution in [2.45, 2.75) is 41.9 Å². The second-order valence-corrected chi connectivity index (χ2v) is 6.69. The number of carbonyl (C=O) groups excluding carboxylic acids is 1. The minimum absolute atomic E-state index is 0.137. The molecule has 0 unspecified atom stereocenters. The third-order valence-corrected chi connectivity index (χ3v) is 4.77. The van der Waals surface area contributed by atoms with Gasteiger partial charge in [0.1, 0.15) is 5.78 Å². The summed E-state index contributed by atoms with van der Waals surface area (Å²) in [6.07, 6.45) is 4.40. The lowest BCUT2D eigenvalue weighted by Gasteiger charge is -2.56. The molecule has 4 aliphatic rings. The number of hydrogen-bond acceptors (Lipinski definition) is 1. The van der Waals surface area contributed by atoms with Crippen molar-refractivity contribution in [3.8, 4) is 0 Å². The number of halogens is 2. The summed E-state index contributed by atoms with van der Waals surface area (Å²) < 4.78 is 0. The fourth-order valence-electron chi connectivity index (χ4n) is 3.67. The molecule has 1 nitrogen and oxygen atoms in total. The first-order valence-electron chi connectivity index (χ1n) is 4.91. The summed E-state index contributed by atoms with van der Waals surface area (Å²) in [6, 6.07) is 0. The van der Waals surface area contributed by atoms with E-state index in [1.807, 2.05) is 0 Å². The molecule has 4 aliphatic carbocycles. The number of carbonyl (C=O) groups is 1. The fraction of sp³-hybridized carbons (Fsp3) is 0.900. The van der Waals surface area contributed by atoms with Gasteiger partial charge in [-0.3, -0.25) is 4.79 Å². The summed E-state index contributed by atoms with van der Waals surface area (Å²) in [5, 5.41) is 0. The molecule has 4 fully saturated rings. The lowest BCUT2D eigenvalue weighted by Crippen LogP contribution is -2.58. The van der Waals surface area contributed by atoms with Gasteiger partial charge in [-0.25, -0.2) is 0 Å². The maximum atomic E-state index is 11.7. The highest BCUT2D eigenvalue weighted by Gasteiger charge is 2.60. The average molecular weight is 219 g/mol. The van der Waals surface area contributed by atoms with Crippen LogP contribution in [0.2, 0.25) is 0 Å². The van der Waals surface area contributed by atoms with Gasteiger partial charge >= 0.3 is 0 Å². The Balaban J connectivity index is 2.04. The lowest BCUT2D eigenvalue weighted by atomic mass is 9.55. The van der Waals surface area contributed by atoms with Crippen LogP contribution in [0.25, 0.3) is 0 Å². The van der Waals surface area contributed by atoms with E-state index in [-0.39, 0.29) is 21.6 Å². The van der Waals surface area contributed by atoms with Gasteiger partial charge in [-0.1, -0.05) is 0 Å². The Morgan fingerprint density at radius 1 is 1.00 bits per heavy atom. The van der Waals surface area contributed by atoms with Gasteiger partial charge in [-0.05, 0) is 32.1 Å². The molecule has 0 N–H and O–H groups in total. The molecule has 0 aromatic heterocycles. The van der Waals surface area contributed by atoms with Crippen LogP contribution >= 0.6 is 23.2 Å².